The Morgan fingerprint density at radius 2 is 1.27 bits per heavy atom. The fourth-order valence-electron chi connectivity index (χ4n) is 1.34. The van der Waals surface area contributed by atoms with E-state index in [1.54, 1.807) is 12.5 Å². The van der Waals surface area contributed by atoms with Gasteiger partial charge in [0.2, 0.25) is 0 Å². The second-order valence-corrected chi connectivity index (χ2v) is 2.72. The lowest BCUT2D eigenvalue weighted by molar-refractivity contribution is 0.379. The Morgan fingerprint density at radius 3 is 1.91 bits per heavy atom. The minimum atomic E-state index is 0.485. The molecule has 0 N–H and O–H groups in total. The molecule has 1 aliphatic heterocycles. The first-order valence-electron chi connectivity index (χ1n) is 3.80. The molecule has 0 spiro atoms. The topological polar surface area (TPSA) is 9.23 Å². The van der Waals surface area contributed by atoms with Gasteiger partial charge in [0.15, 0.2) is 0 Å². The smallest absolute Gasteiger partial charge is 0.0867 e. The van der Waals surface area contributed by atoms with Crippen molar-refractivity contribution in [1.82, 2.24) is 0 Å². The van der Waals surface area contributed by atoms with Gasteiger partial charge in [-0.15, -0.1) is 0 Å². The summed E-state index contributed by atoms with van der Waals surface area (Å²) in [7, 11) is 0. The van der Waals surface area contributed by atoms with Crippen LogP contribution in [0.25, 0.3) is 0 Å². The van der Waals surface area contributed by atoms with Crippen LogP contribution in [0.5, 0.6) is 0 Å². The summed E-state index contributed by atoms with van der Waals surface area (Å²) in [6.07, 6.45) is 16.2. The van der Waals surface area contributed by atoms with Gasteiger partial charge < -0.3 is 4.74 Å². The normalized spacial score (nSPS) is 22.9. The van der Waals surface area contributed by atoms with Crippen molar-refractivity contribution in [2.75, 3.05) is 0 Å². The molecule has 2 aliphatic rings. The summed E-state index contributed by atoms with van der Waals surface area (Å²) in [4.78, 5) is 0. The van der Waals surface area contributed by atoms with Crippen LogP contribution in [0.3, 0.4) is 0 Å². The van der Waals surface area contributed by atoms with Gasteiger partial charge in [-0.05, 0) is 12.2 Å². The summed E-state index contributed by atoms with van der Waals surface area (Å²) < 4.78 is 4.95. The highest BCUT2D eigenvalue weighted by Crippen LogP contribution is 2.23. The highest BCUT2D eigenvalue weighted by molar-refractivity contribution is 5.23. The molecule has 56 valence electrons. The van der Waals surface area contributed by atoms with Crippen LogP contribution in [0.2, 0.25) is 0 Å². The molecule has 1 heteroatoms. The molecular formula is C10H10O. The van der Waals surface area contributed by atoms with Crippen molar-refractivity contribution in [2.45, 2.75) is 0 Å². The number of allylic oxidation sites excluding steroid dienone is 6. The first-order chi connectivity index (χ1) is 5.47. The zero-order valence-corrected chi connectivity index (χ0v) is 6.18. The predicted octanol–water partition coefficient (Wildman–Crippen LogP) is 2.40. The molecule has 0 saturated carbocycles. The first kappa shape index (κ1) is 6.47. The number of hydrogen-bond acceptors (Lipinski definition) is 1. The van der Waals surface area contributed by atoms with Crippen LogP contribution in [-0.2, 0) is 4.74 Å². The molecule has 0 aromatic rings. The third-order valence-electron chi connectivity index (χ3n) is 1.98. The molecule has 0 unspecified atom stereocenters. The third-order valence-corrected chi connectivity index (χ3v) is 1.98. The van der Waals surface area contributed by atoms with Crippen molar-refractivity contribution in [3.05, 3.63) is 49.0 Å². The van der Waals surface area contributed by atoms with Gasteiger partial charge in [0.05, 0.1) is 12.5 Å². The van der Waals surface area contributed by atoms with Crippen molar-refractivity contribution in [1.29, 1.82) is 0 Å². The van der Waals surface area contributed by atoms with Gasteiger partial charge in [-0.2, -0.15) is 0 Å². The lowest BCUT2D eigenvalue weighted by Gasteiger charge is -2.14. The van der Waals surface area contributed by atoms with Crippen molar-refractivity contribution >= 4 is 0 Å². The quantitative estimate of drug-likeness (QED) is 0.552. The van der Waals surface area contributed by atoms with E-state index in [-0.39, 0.29) is 0 Å². The number of rotatable bonds is 1. The SMILES string of the molecule is C1=CC(C2C=COC=C2)C=C1. The molecule has 0 aromatic heterocycles. The van der Waals surface area contributed by atoms with Crippen LogP contribution in [0.15, 0.2) is 49.0 Å². The molecule has 1 nitrogen and oxygen atoms in total. The summed E-state index contributed by atoms with van der Waals surface area (Å²) in [5, 5.41) is 0. The lowest BCUT2D eigenvalue weighted by Crippen LogP contribution is -2.05. The predicted molar refractivity (Wildman–Crippen MR) is 44.6 cm³/mol. The van der Waals surface area contributed by atoms with Crippen molar-refractivity contribution < 1.29 is 4.74 Å². The summed E-state index contributed by atoms with van der Waals surface area (Å²) in [5.74, 6) is 1.02. The van der Waals surface area contributed by atoms with Gasteiger partial charge >= 0.3 is 0 Å². The van der Waals surface area contributed by atoms with E-state index in [1.807, 2.05) is 0 Å². The fourth-order valence-corrected chi connectivity index (χ4v) is 1.34. The van der Waals surface area contributed by atoms with Crippen LogP contribution in [0.1, 0.15) is 0 Å². The standard InChI is InChI=1S/C10H10O/c1-2-4-9(3-1)10-5-7-11-8-6-10/h1-10H. The van der Waals surface area contributed by atoms with Crippen LogP contribution < -0.4 is 0 Å². The first-order valence-corrected chi connectivity index (χ1v) is 3.80. The molecule has 0 amide bonds. The van der Waals surface area contributed by atoms with Gasteiger partial charge in [0.1, 0.15) is 0 Å². The maximum absolute atomic E-state index is 4.95. The Hall–Kier alpha value is -1.24. The Bertz CT molecular complexity index is 222. The maximum atomic E-state index is 4.95. The van der Waals surface area contributed by atoms with E-state index in [0.717, 1.165) is 0 Å². The van der Waals surface area contributed by atoms with E-state index in [9.17, 15) is 0 Å². The van der Waals surface area contributed by atoms with Crippen LogP contribution in [0, 0.1) is 11.8 Å². The molecule has 1 heterocycles. The fraction of sp³-hybridized carbons (Fsp3) is 0.200. The van der Waals surface area contributed by atoms with Crippen LogP contribution >= 0.6 is 0 Å². The largest absolute Gasteiger partial charge is 0.473 e. The van der Waals surface area contributed by atoms with E-state index in [1.165, 1.54) is 0 Å². The summed E-state index contributed by atoms with van der Waals surface area (Å²) >= 11 is 0. The van der Waals surface area contributed by atoms with Crippen molar-refractivity contribution in [3.8, 4) is 0 Å². The second-order valence-electron chi connectivity index (χ2n) is 2.72. The molecule has 0 aromatic carbocycles. The molecule has 2 rings (SSSR count). The molecule has 11 heavy (non-hydrogen) atoms. The van der Waals surface area contributed by atoms with Gasteiger partial charge in [0.25, 0.3) is 0 Å². The number of ether oxygens (including phenoxy) is 1. The van der Waals surface area contributed by atoms with E-state index < -0.39 is 0 Å². The molecule has 0 bridgehead atoms. The van der Waals surface area contributed by atoms with Crippen molar-refractivity contribution in [3.63, 3.8) is 0 Å². The molecule has 0 atom stereocenters. The summed E-state index contributed by atoms with van der Waals surface area (Å²) in [6.45, 7) is 0. The average molecular weight is 146 g/mol. The van der Waals surface area contributed by atoms with Crippen LogP contribution in [-0.4, -0.2) is 0 Å². The highest BCUT2D eigenvalue weighted by atomic mass is 16.5. The monoisotopic (exact) mass is 146 g/mol. The Labute approximate surface area is 66.4 Å². The summed E-state index contributed by atoms with van der Waals surface area (Å²) in [5.41, 5.74) is 0. The Kier molecular flexibility index (Phi) is 1.64. The lowest BCUT2D eigenvalue weighted by atomic mass is 9.93. The minimum Gasteiger partial charge on any atom is -0.473 e. The maximum Gasteiger partial charge on any atom is 0.0867 e. The Morgan fingerprint density at radius 1 is 0.727 bits per heavy atom. The summed E-state index contributed by atoms with van der Waals surface area (Å²) in [6, 6.07) is 0. The second kappa shape index (κ2) is 2.79. The minimum absolute atomic E-state index is 0.485. The molecule has 1 aliphatic carbocycles. The van der Waals surface area contributed by atoms with Gasteiger partial charge in [-0.3, -0.25) is 0 Å². The third kappa shape index (κ3) is 1.27. The zero-order chi connectivity index (χ0) is 7.52. The molecular weight excluding hydrogens is 136 g/mol. The van der Waals surface area contributed by atoms with Crippen molar-refractivity contribution in [2.24, 2.45) is 11.8 Å². The molecule has 0 fully saturated rings. The number of hydrogen-bond donors (Lipinski definition) is 0. The van der Waals surface area contributed by atoms with Gasteiger partial charge in [-0.25, -0.2) is 0 Å². The van der Waals surface area contributed by atoms with Gasteiger partial charge in [-0.1, -0.05) is 24.3 Å². The van der Waals surface area contributed by atoms with E-state index in [0.29, 0.717) is 11.8 Å². The van der Waals surface area contributed by atoms with E-state index in [4.69, 9.17) is 4.74 Å². The average Bonchev–Trinajstić information content (AvgIpc) is 2.58. The molecule has 0 saturated heterocycles. The van der Waals surface area contributed by atoms with Gasteiger partial charge in [0, 0.05) is 11.8 Å². The van der Waals surface area contributed by atoms with Crippen LogP contribution in [0.4, 0.5) is 0 Å². The van der Waals surface area contributed by atoms with E-state index >= 15 is 0 Å². The van der Waals surface area contributed by atoms with E-state index in [2.05, 4.69) is 36.5 Å². The highest BCUT2D eigenvalue weighted by Gasteiger charge is 2.14. The molecule has 0 radical (unpaired) electrons. The Balaban J connectivity index is 2.09. The zero-order valence-electron chi connectivity index (χ0n) is 6.18.